The van der Waals surface area contributed by atoms with Gasteiger partial charge < -0.3 is 4.74 Å². The van der Waals surface area contributed by atoms with Crippen LogP contribution in [0.25, 0.3) is 0 Å². The maximum absolute atomic E-state index is 12.5. The maximum atomic E-state index is 12.5. The van der Waals surface area contributed by atoms with Crippen LogP contribution < -0.4 is 0 Å². The lowest BCUT2D eigenvalue weighted by Crippen LogP contribution is -2.25. The molecule has 1 unspecified atom stereocenters. The van der Waals surface area contributed by atoms with Gasteiger partial charge in [0.15, 0.2) is 5.78 Å². The third-order valence-corrected chi connectivity index (χ3v) is 5.33. The van der Waals surface area contributed by atoms with E-state index in [0.717, 1.165) is 23.1 Å². The number of hydrogen-bond acceptors (Lipinski definition) is 3. The van der Waals surface area contributed by atoms with Crippen molar-refractivity contribution in [2.24, 2.45) is 5.41 Å². The highest BCUT2D eigenvalue weighted by Gasteiger charge is 2.29. The lowest BCUT2D eigenvalue weighted by molar-refractivity contribution is 0.00694. The molecule has 3 nitrogen and oxygen atoms in total. The molecule has 0 saturated heterocycles. The second-order valence-electron chi connectivity index (χ2n) is 9.92. The zero-order valence-electron chi connectivity index (χ0n) is 19.1. The minimum absolute atomic E-state index is 0.143. The Balaban J connectivity index is 2.31. The fourth-order valence-corrected chi connectivity index (χ4v) is 3.31. The van der Waals surface area contributed by atoms with Gasteiger partial charge in [-0.15, -0.1) is 0 Å². The van der Waals surface area contributed by atoms with Crippen LogP contribution in [-0.4, -0.2) is 17.4 Å². The molecular weight excluding hydrogens is 360 g/mol. The lowest BCUT2D eigenvalue weighted by atomic mass is 9.73. The highest BCUT2D eigenvalue weighted by molar-refractivity contribution is 5.99. The lowest BCUT2D eigenvalue weighted by Gasteiger charge is -2.30. The Bertz CT molecular complexity index is 862. The van der Waals surface area contributed by atoms with Gasteiger partial charge in [0, 0.05) is 16.4 Å². The van der Waals surface area contributed by atoms with Crippen LogP contribution in [0.2, 0.25) is 0 Å². The molecule has 3 heteroatoms. The fraction of sp³-hybridized carbons (Fsp3) is 0.462. The number of esters is 1. The number of ether oxygens (including phenoxy) is 1. The summed E-state index contributed by atoms with van der Waals surface area (Å²) in [6.07, 6.45) is 0.894. The van der Waals surface area contributed by atoms with Crippen molar-refractivity contribution in [1.82, 2.24) is 0 Å². The smallest absolute Gasteiger partial charge is 0.338 e. The predicted molar refractivity (Wildman–Crippen MR) is 119 cm³/mol. The van der Waals surface area contributed by atoms with E-state index >= 15 is 0 Å². The third-order valence-electron chi connectivity index (χ3n) is 5.33. The molecule has 2 aromatic carbocycles. The van der Waals surface area contributed by atoms with Gasteiger partial charge in [0.1, 0.15) is 5.60 Å². The second-order valence-corrected chi connectivity index (χ2v) is 9.92. The van der Waals surface area contributed by atoms with Crippen molar-refractivity contribution in [2.45, 2.75) is 72.8 Å². The standard InChI is InChI=1S/C26H34O3/c1-9-26(8,20-14-10-18(11-15-20)22(27)24(2,3)4)21-16-12-19(13-17-21)23(28)29-25(5,6)7/h10-17H,9H2,1-8H3. The molecular formula is C26H34O3. The van der Waals surface area contributed by atoms with Crippen molar-refractivity contribution in [3.63, 3.8) is 0 Å². The van der Waals surface area contributed by atoms with Crippen molar-refractivity contribution in [1.29, 1.82) is 0 Å². The number of rotatable bonds is 5. The van der Waals surface area contributed by atoms with Gasteiger partial charge in [-0.1, -0.05) is 71.0 Å². The summed E-state index contributed by atoms with van der Waals surface area (Å²) in [5.41, 5.74) is 2.44. The minimum Gasteiger partial charge on any atom is -0.456 e. The molecule has 0 aromatic heterocycles. The third kappa shape index (κ3) is 5.35. The highest BCUT2D eigenvalue weighted by atomic mass is 16.6. The number of ketones is 1. The number of carbonyl (C=O) groups excluding carboxylic acids is 2. The van der Waals surface area contributed by atoms with Crippen LogP contribution in [0.3, 0.4) is 0 Å². The largest absolute Gasteiger partial charge is 0.456 e. The van der Waals surface area contributed by atoms with Crippen molar-refractivity contribution in [2.75, 3.05) is 0 Å². The summed E-state index contributed by atoms with van der Waals surface area (Å²) in [6.45, 7) is 15.7. The van der Waals surface area contributed by atoms with Crippen molar-refractivity contribution < 1.29 is 14.3 Å². The molecule has 156 valence electrons. The molecule has 0 heterocycles. The van der Waals surface area contributed by atoms with E-state index in [0.29, 0.717) is 5.56 Å². The molecule has 0 radical (unpaired) electrons. The minimum atomic E-state index is -0.514. The van der Waals surface area contributed by atoms with Crippen LogP contribution in [0.1, 0.15) is 93.7 Å². The summed E-state index contributed by atoms with van der Waals surface area (Å²) in [4.78, 5) is 24.8. The van der Waals surface area contributed by atoms with Crippen LogP contribution in [0, 0.1) is 5.41 Å². The quantitative estimate of drug-likeness (QED) is 0.424. The molecule has 0 amide bonds. The van der Waals surface area contributed by atoms with Crippen LogP contribution in [0.5, 0.6) is 0 Å². The molecule has 0 aliphatic rings. The first-order valence-electron chi connectivity index (χ1n) is 10.3. The maximum Gasteiger partial charge on any atom is 0.338 e. The highest BCUT2D eigenvalue weighted by Crippen LogP contribution is 2.36. The Morgan fingerprint density at radius 3 is 1.48 bits per heavy atom. The molecule has 29 heavy (non-hydrogen) atoms. The van der Waals surface area contributed by atoms with Gasteiger partial charge in [0.05, 0.1) is 5.56 Å². The monoisotopic (exact) mass is 394 g/mol. The average Bonchev–Trinajstić information content (AvgIpc) is 2.65. The van der Waals surface area contributed by atoms with E-state index in [2.05, 4.69) is 13.8 Å². The molecule has 1 atom stereocenters. The Hall–Kier alpha value is -2.42. The van der Waals surface area contributed by atoms with Crippen LogP contribution in [-0.2, 0) is 10.2 Å². The van der Waals surface area contributed by atoms with E-state index in [4.69, 9.17) is 4.74 Å². The van der Waals surface area contributed by atoms with E-state index < -0.39 is 11.0 Å². The predicted octanol–water partition coefficient (Wildman–Crippen LogP) is 6.59. The molecule has 2 aromatic rings. The van der Waals surface area contributed by atoms with Crippen LogP contribution in [0.15, 0.2) is 48.5 Å². The van der Waals surface area contributed by atoms with Gasteiger partial charge in [0.25, 0.3) is 0 Å². The summed E-state index contributed by atoms with van der Waals surface area (Å²) in [5, 5.41) is 0. The molecule has 0 fully saturated rings. The summed E-state index contributed by atoms with van der Waals surface area (Å²) in [7, 11) is 0. The first kappa shape index (κ1) is 22.9. The average molecular weight is 395 g/mol. The number of Topliss-reactive ketones (excluding diaryl/α,β-unsaturated/α-hetero) is 1. The Kier molecular flexibility index (Phi) is 6.42. The first-order chi connectivity index (χ1) is 13.3. The number of carbonyl (C=O) groups is 2. The second kappa shape index (κ2) is 8.14. The summed E-state index contributed by atoms with van der Waals surface area (Å²) >= 11 is 0. The van der Waals surface area contributed by atoms with E-state index in [1.807, 2.05) is 90.1 Å². The van der Waals surface area contributed by atoms with Gasteiger partial charge in [-0.3, -0.25) is 4.79 Å². The molecule has 0 N–H and O–H groups in total. The van der Waals surface area contributed by atoms with Crippen molar-refractivity contribution in [3.8, 4) is 0 Å². The SMILES string of the molecule is CCC(C)(c1ccc(C(=O)OC(C)(C)C)cc1)c1ccc(C(=O)C(C)(C)C)cc1. The molecule has 0 bridgehead atoms. The Morgan fingerprint density at radius 1 is 0.724 bits per heavy atom. The number of hydrogen-bond donors (Lipinski definition) is 0. The first-order valence-corrected chi connectivity index (χ1v) is 10.3. The Morgan fingerprint density at radius 2 is 1.14 bits per heavy atom. The van der Waals surface area contributed by atoms with Crippen LogP contribution >= 0.6 is 0 Å². The topological polar surface area (TPSA) is 43.4 Å². The zero-order chi connectivity index (χ0) is 22.0. The van der Waals surface area contributed by atoms with Gasteiger partial charge >= 0.3 is 5.97 Å². The summed E-state index contributed by atoms with van der Waals surface area (Å²) in [6, 6.07) is 15.6. The number of benzene rings is 2. The van der Waals surface area contributed by atoms with Gasteiger partial charge in [-0.25, -0.2) is 4.79 Å². The summed E-state index contributed by atoms with van der Waals surface area (Å²) in [5.74, 6) is -0.170. The van der Waals surface area contributed by atoms with Crippen molar-refractivity contribution in [3.05, 3.63) is 70.8 Å². The van der Waals surface area contributed by atoms with E-state index in [1.54, 1.807) is 0 Å². The van der Waals surface area contributed by atoms with Gasteiger partial charge in [0.2, 0.25) is 0 Å². The molecule has 0 aliphatic carbocycles. The van der Waals surface area contributed by atoms with E-state index in [9.17, 15) is 9.59 Å². The molecule has 2 rings (SSSR count). The van der Waals surface area contributed by atoms with Gasteiger partial charge in [-0.2, -0.15) is 0 Å². The van der Waals surface area contributed by atoms with Gasteiger partial charge in [-0.05, 0) is 50.5 Å². The van der Waals surface area contributed by atoms with Crippen molar-refractivity contribution >= 4 is 11.8 Å². The summed E-state index contributed by atoms with van der Waals surface area (Å²) < 4.78 is 5.45. The van der Waals surface area contributed by atoms with Crippen LogP contribution in [0.4, 0.5) is 0 Å². The normalized spacial score (nSPS) is 14.2. The van der Waals surface area contributed by atoms with E-state index in [1.165, 1.54) is 0 Å². The van der Waals surface area contributed by atoms with E-state index in [-0.39, 0.29) is 17.2 Å². The zero-order valence-corrected chi connectivity index (χ0v) is 19.1. The Labute approximate surface area is 175 Å². The molecule has 0 saturated carbocycles. The fourth-order valence-electron chi connectivity index (χ4n) is 3.31. The molecule has 0 aliphatic heterocycles. The molecule has 0 spiro atoms.